The Balaban J connectivity index is 1.81. The van der Waals surface area contributed by atoms with Crippen molar-refractivity contribution in [1.82, 2.24) is 0 Å². The summed E-state index contributed by atoms with van der Waals surface area (Å²) in [7, 11) is 0. The molecule has 0 atom stereocenters. The van der Waals surface area contributed by atoms with E-state index in [0.29, 0.717) is 31.0 Å². The lowest BCUT2D eigenvalue weighted by Crippen LogP contribution is -2.26. The van der Waals surface area contributed by atoms with E-state index in [4.69, 9.17) is 13.9 Å². The van der Waals surface area contributed by atoms with Crippen LogP contribution in [0.1, 0.15) is 33.6 Å². The highest BCUT2D eigenvalue weighted by Gasteiger charge is 2.26. The molecular formula is C18H22O5. The lowest BCUT2D eigenvalue weighted by atomic mass is 9.91. The van der Waals surface area contributed by atoms with Gasteiger partial charge in [-0.2, -0.15) is 0 Å². The van der Waals surface area contributed by atoms with Crippen LogP contribution in [0.4, 0.5) is 0 Å². The van der Waals surface area contributed by atoms with Gasteiger partial charge >= 0.3 is 11.6 Å². The first-order valence-electron chi connectivity index (χ1n) is 7.76. The lowest BCUT2D eigenvalue weighted by Gasteiger charge is -2.20. The highest BCUT2D eigenvalue weighted by molar-refractivity contribution is 5.77. The van der Waals surface area contributed by atoms with E-state index < -0.39 is 5.41 Å². The molecule has 0 amide bonds. The number of hydrogen-bond donors (Lipinski definition) is 0. The van der Waals surface area contributed by atoms with Gasteiger partial charge in [0.2, 0.25) is 0 Å². The summed E-state index contributed by atoms with van der Waals surface area (Å²) in [5.41, 5.74) is -0.345. The summed E-state index contributed by atoms with van der Waals surface area (Å²) in [6, 6.07) is 8.42. The molecule has 0 saturated heterocycles. The maximum atomic E-state index is 11.8. The average molecular weight is 318 g/mol. The standard InChI is InChI=1S/C18H22O5/c1-4-18(2,3)17(20)22-11-5-10-21-14-8-6-13-7-9-16(19)23-15(13)12-14/h6-9,12H,4-5,10-11H2,1-3H3. The second-order valence-electron chi connectivity index (χ2n) is 6.03. The van der Waals surface area contributed by atoms with Crippen molar-refractivity contribution in [3.63, 3.8) is 0 Å². The second-order valence-corrected chi connectivity index (χ2v) is 6.03. The van der Waals surface area contributed by atoms with Crippen LogP contribution >= 0.6 is 0 Å². The third-order valence-electron chi connectivity index (χ3n) is 3.82. The summed E-state index contributed by atoms with van der Waals surface area (Å²) in [4.78, 5) is 23.0. The van der Waals surface area contributed by atoms with Crippen molar-refractivity contribution >= 4 is 16.9 Å². The van der Waals surface area contributed by atoms with Crippen molar-refractivity contribution < 1.29 is 18.7 Å². The van der Waals surface area contributed by atoms with Gasteiger partial charge in [0.15, 0.2) is 0 Å². The molecule has 1 aromatic heterocycles. The molecule has 2 aromatic rings. The Labute approximate surface area is 135 Å². The van der Waals surface area contributed by atoms with Crippen LogP contribution in [0.5, 0.6) is 5.75 Å². The molecule has 124 valence electrons. The molecule has 2 rings (SSSR count). The Kier molecular flexibility index (Phi) is 5.42. The molecule has 0 saturated carbocycles. The molecular weight excluding hydrogens is 296 g/mol. The minimum Gasteiger partial charge on any atom is -0.493 e. The predicted octanol–water partition coefficient (Wildman–Crippen LogP) is 3.54. The normalized spacial score (nSPS) is 11.4. The molecule has 5 nitrogen and oxygen atoms in total. The molecule has 0 aliphatic heterocycles. The maximum Gasteiger partial charge on any atom is 0.336 e. The number of fused-ring (bicyclic) bond motifs is 1. The van der Waals surface area contributed by atoms with Crippen LogP contribution < -0.4 is 10.4 Å². The molecule has 0 aliphatic carbocycles. The summed E-state index contributed by atoms with van der Waals surface area (Å²) in [6.45, 7) is 6.44. The molecule has 0 N–H and O–H groups in total. The largest absolute Gasteiger partial charge is 0.493 e. The van der Waals surface area contributed by atoms with Gasteiger partial charge in [-0.05, 0) is 38.5 Å². The summed E-state index contributed by atoms with van der Waals surface area (Å²) >= 11 is 0. The van der Waals surface area contributed by atoms with Crippen LogP contribution in [0.25, 0.3) is 11.0 Å². The van der Waals surface area contributed by atoms with Gasteiger partial charge in [-0.25, -0.2) is 4.79 Å². The molecule has 1 aromatic carbocycles. The molecule has 0 radical (unpaired) electrons. The van der Waals surface area contributed by atoms with Crippen LogP contribution in [0.15, 0.2) is 39.5 Å². The SMILES string of the molecule is CCC(C)(C)C(=O)OCCCOc1ccc2ccc(=O)oc2c1. The van der Waals surface area contributed by atoms with E-state index in [0.717, 1.165) is 11.8 Å². The zero-order valence-electron chi connectivity index (χ0n) is 13.8. The molecule has 1 heterocycles. The smallest absolute Gasteiger partial charge is 0.336 e. The number of ether oxygens (including phenoxy) is 2. The minimum absolute atomic E-state index is 0.188. The first-order chi connectivity index (χ1) is 10.9. The van der Waals surface area contributed by atoms with E-state index in [2.05, 4.69) is 0 Å². The van der Waals surface area contributed by atoms with Gasteiger partial charge in [0.25, 0.3) is 0 Å². The van der Waals surface area contributed by atoms with Crippen molar-refractivity contribution in [3.05, 3.63) is 40.8 Å². The van der Waals surface area contributed by atoms with Gasteiger partial charge in [0, 0.05) is 23.9 Å². The van der Waals surface area contributed by atoms with E-state index in [1.165, 1.54) is 6.07 Å². The number of hydrogen-bond acceptors (Lipinski definition) is 5. The van der Waals surface area contributed by atoms with E-state index in [1.54, 1.807) is 12.1 Å². The van der Waals surface area contributed by atoms with E-state index in [1.807, 2.05) is 32.9 Å². The molecule has 5 heteroatoms. The third kappa shape index (κ3) is 4.58. The summed E-state index contributed by atoms with van der Waals surface area (Å²) in [6.07, 6.45) is 1.34. The molecule has 0 unspecified atom stereocenters. The Bertz CT molecular complexity index is 730. The molecule has 0 spiro atoms. The molecule has 23 heavy (non-hydrogen) atoms. The number of benzene rings is 1. The van der Waals surface area contributed by atoms with Crippen LogP contribution in [0, 0.1) is 5.41 Å². The monoisotopic (exact) mass is 318 g/mol. The van der Waals surface area contributed by atoms with Crippen LogP contribution in [-0.4, -0.2) is 19.2 Å². The third-order valence-corrected chi connectivity index (χ3v) is 3.82. The number of rotatable bonds is 7. The minimum atomic E-state index is -0.448. The van der Waals surface area contributed by atoms with Gasteiger partial charge in [0.1, 0.15) is 11.3 Å². The fourth-order valence-corrected chi connectivity index (χ4v) is 1.88. The number of carbonyl (C=O) groups is 1. The number of esters is 1. The van der Waals surface area contributed by atoms with Crippen molar-refractivity contribution in [2.45, 2.75) is 33.6 Å². The molecule has 0 fully saturated rings. The Hall–Kier alpha value is -2.30. The maximum absolute atomic E-state index is 11.8. The topological polar surface area (TPSA) is 65.7 Å². The first kappa shape index (κ1) is 17.1. The predicted molar refractivity (Wildman–Crippen MR) is 87.6 cm³/mol. The van der Waals surface area contributed by atoms with Gasteiger partial charge in [-0.1, -0.05) is 6.92 Å². The summed E-state index contributed by atoms with van der Waals surface area (Å²) < 4.78 is 15.9. The lowest BCUT2D eigenvalue weighted by molar-refractivity contribution is -0.154. The average Bonchev–Trinajstić information content (AvgIpc) is 2.53. The van der Waals surface area contributed by atoms with Gasteiger partial charge in [0.05, 0.1) is 18.6 Å². The first-order valence-corrected chi connectivity index (χ1v) is 7.76. The van der Waals surface area contributed by atoms with Crippen LogP contribution in [0.3, 0.4) is 0 Å². The van der Waals surface area contributed by atoms with Crippen LogP contribution in [0.2, 0.25) is 0 Å². The van der Waals surface area contributed by atoms with E-state index >= 15 is 0 Å². The number of carbonyl (C=O) groups excluding carboxylic acids is 1. The van der Waals surface area contributed by atoms with Crippen LogP contribution in [-0.2, 0) is 9.53 Å². The van der Waals surface area contributed by atoms with Crippen molar-refractivity contribution in [1.29, 1.82) is 0 Å². The van der Waals surface area contributed by atoms with Gasteiger partial charge in [-0.15, -0.1) is 0 Å². The Morgan fingerprint density at radius 3 is 2.65 bits per heavy atom. The Morgan fingerprint density at radius 1 is 1.17 bits per heavy atom. The highest BCUT2D eigenvalue weighted by Crippen LogP contribution is 2.22. The van der Waals surface area contributed by atoms with E-state index in [-0.39, 0.29) is 11.6 Å². The van der Waals surface area contributed by atoms with Crippen molar-refractivity contribution in [3.8, 4) is 5.75 Å². The summed E-state index contributed by atoms with van der Waals surface area (Å²) in [5.74, 6) is 0.430. The van der Waals surface area contributed by atoms with E-state index in [9.17, 15) is 9.59 Å². The highest BCUT2D eigenvalue weighted by atomic mass is 16.5. The zero-order chi connectivity index (χ0) is 16.9. The van der Waals surface area contributed by atoms with Crippen molar-refractivity contribution in [2.75, 3.05) is 13.2 Å². The molecule has 0 aliphatic rings. The van der Waals surface area contributed by atoms with Gasteiger partial charge < -0.3 is 13.9 Å². The Morgan fingerprint density at radius 2 is 1.91 bits per heavy atom. The second kappa shape index (κ2) is 7.31. The van der Waals surface area contributed by atoms with Crippen molar-refractivity contribution in [2.24, 2.45) is 5.41 Å². The summed E-state index contributed by atoms with van der Waals surface area (Å²) in [5, 5.41) is 0.840. The van der Waals surface area contributed by atoms with Gasteiger partial charge in [-0.3, -0.25) is 4.79 Å². The quantitative estimate of drug-likeness (QED) is 0.444. The zero-order valence-corrected chi connectivity index (χ0v) is 13.8. The fourth-order valence-electron chi connectivity index (χ4n) is 1.88. The fraction of sp³-hybridized carbons (Fsp3) is 0.444. The molecule has 0 bridgehead atoms.